The number of nitrogens with zero attached hydrogens (tertiary/aromatic N) is 1. The molecule has 0 unspecified atom stereocenters. The molecule has 3 N–H and O–H groups in total. The Balaban J connectivity index is 1.64. The molecule has 2 rings (SSSR count). The maximum atomic E-state index is 10.7. The molecule has 0 radical (unpaired) electrons. The maximum Gasteiger partial charge on any atom is 0.231 e. The van der Waals surface area contributed by atoms with E-state index in [-0.39, 0.29) is 5.91 Å². The highest BCUT2D eigenvalue weighted by molar-refractivity contribution is 5.75. The molecule has 4 heteroatoms. The first kappa shape index (κ1) is 10.9. The minimum atomic E-state index is -0.208. The van der Waals surface area contributed by atoms with Crippen molar-refractivity contribution >= 4 is 5.91 Å². The number of nitrogens with two attached hydrogens (primary N) is 1. The summed E-state index contributed by atoms with van der Waals surface area (Å²) in [6.45, 7) is 2.44. The zero-order chi connectivity index (χ0) is 10.7. The van der Waals surface area contributed by atoms with Gasteiger partial charge >= 0.3 is 0 Å². The lowest BCUT2D eigenvalue weighted by molar-refractivity contribution is -0.119. The summed E-state index contributed by atoms with van der Waals surface area (Å²) in [7, 11) is 0. The van der Waals surface area contributed by atoms with E-state index >= 15 is 0 Å². The smallest absolute Gasteiger partial charge is 0.231 e. The van der Waals surface area contributed by atoms with Crippen LogP contribution in [0.4, 0.5) is 0 Å². The molecule has 1 heterocycles. The van der Waals surface area contributed by atoms with Crippen molar-refractivity contribution < 1.29 is 4.79 Å². The molecule has 1 amide bonds. The van der Waals surface area contributed by atoms with Gasteiger partial charge in [-0.15, -0.1) is 0 Å². The number of hydrogen-bond acceptors (Lipinski definition) is 3. The van der Waals surface area contributed by atoms with E-state index in [1.165, 1.54) is 19.3 Å². The summed E-state index contributed by atoms with van der Waals surface area (Å²) < 4.78 is 0. The Morgan fingerprint density at radius 1 is 1.20 bits per heavy atom. The van der Waals surface area contributed by atoms with Crippen molar-refractivity contribution in [2.75, 3.05) is 19.6 Å². The van der Waals surface area contributed by atoms with Gasteiger partial charge in [0, 0.05) is 25.2 Å². The van der Waals surface area contributed by atoms with E-state index in [2.05, 4.69) is 10.2 Å². The van der Waals surface area contributed by atoms with Crippen LogP contribution in [0.15, 0.2) is 0 Å². The van der Waals surface area contributed by atoms with Crippen molar-refractivity contribution in [2.24, 2.45) is 5.73 Å². The van der Waals surface area contributed by atoms with Crippen LogP contribution in [0.25, 0.3) is 0 Å². The van der Waals surface area contributed by atoms with Crippen LogP contribution in [0.2, 0.25) is 0 Å². The lowest BCUT2D eigenvalue weighted by Gasteiger charge is -2.36. The predicted octanol–water partition coefficient (Wildman–Crippen LogP) is 0.0782. The van der Waals surface area contributed by atoms with E-state index in [0.717, 1.165) is 32.0 Å². The van der Waals surface area contributed by atoms with Gasteiger partial charge in [-0.25, -0.2) is 0 Å². The van der Waals surface area contributed by atoms with Gasteiger partial charge in [-0.1, -0.05) is 6.42 Å². The standard InChI is InChI=1S/C11H21N3O/c12-11(15)8-14-6-4-10(5-7-14)13-9-2-1-3-9/h9-10,13H,1-8H2,(H2,12,15). The van der Waals surface area contributed by atoms with E-state index in [4.69, 9.17) is 5.73 Å². The van der Waals surface area contributed by atoms with Crippen molar-refractivity contribution in [3.63, 3.8) is 0 Å². The van der Waals surface area contributed by atoms with Crippen LogP contribution in [0.1, 0.15) is 32.1 Å². The molecule has 0 aromatic rings. The molecule has 15 heavy (non-hydrogen) atoms. The van der Waals surface area contributed by atoms with Gasteiger partial charge in [0.15, 0.2) is 0 Å². The Labute approximate surface area is 91.2 Å². The number of piperidine rings is 1. The zero-order valence-corrected chi connectivity index (χ0v) is 9.24. The van der Waals surface area contributed by atoms with Crippen LogP contribution in [0.3, 0.4) is 0 Å². The molecule has 1 saturated heterocycles. The lowest BCUT2D eigenvalue weighted by atomic mass is 9.91. The largest absolute Gasteiger partial charge is 0.369 e. The minimum Gasteiger partial charge on any atom is -0.369 e. The Morgan fingerprint density at radius 3 is 2.27 bits per heavy atom. The number of carbonyl (C=O) groups excluding carboxylic acids is 1. The number of primary amides is 1. The van der Waals surface area contributed by atoms with Gasteiger partial charge < -0.3 is 11.1 Å². The number of likely N-dealkylation sites (tertiary alicyclic amines) is 1. The van der Waals surface area contributed by atoms with Crippen LogP contribution < -0.4 is 11.1 Å². The SMILES string of the molecule is NC(=O)CN1CCC(NC2CCC2)CC1. The molecule has 1 aliphatic carbocycles. The second kappa shape index (κ2) is 4.94. The van der Waals surface area contributed by atoms with Gasteiger partial charge in [0.25, 0.3) is 0 Å². The summed E-state index contributed by atoms with van der Waals surface area (Å²) in [5.74, 6) is -0.208. The van der Waals surface area contributed by atoms with Gasteiger partial charge in [-0.2, -0.15) is 0 Å². The van der Waals surface area contributed by atoms with Crippen LogP contribution in [0.5, 0.6) is 0 Å². The van der Waals surface area contributed by atoms with Gasteiger partial charge in [0.2, 0.25) is 5.91 Å². The van der Waals surface area contributed by atoms with E-state index in [0.29, 0.717) is 12.6 Å². The van der Waals surface area contributed by atoms with Crippen molar-refractivity contribution in [3.8, 4) is 0 Å². The van der Waals surface area contributed by atoms with Gasteiger partial charge in [-0.3, -0.25) is 9.69 Å². The normalized spacial score (nSPS) is 25.1. The quantitative estimate of drug-likeness (QED) is 0.692. The minimum absolute atomic E-state index is 0.208. The topological polar surface area (TPSA) is 58.4 Å². The third-order valence-electron chi connectivity index (χ3n) is 3.54. The molecule has 0 atom stereocenters. The fourth-order valence-corrected chi connectivity index (χ4v) is 2.39. The maximum absolute atomic E-state index is 10.7. The molecule has 0 aromatic carbocycles. The third kappa shape index (κ3) is 3.18. The number of hydrogen-bond donors (Lipinski definition) is 2. The van der Waals surface area contributed by atoms with E-state index in [9.17, 15) is 4.79 Å². The van der Waals surface area contributed by atoms with Crippen LogP contribution in [-0.2, 0) is 4.79 Å². The second-order valence-electron chi connectivity index (χ2n) is 4.81. The second-order valence-corrected chi connectivity index (χ2v) is 4.81. The number of carbonyl (C=O) groups is 1. The molecule has 1 aliphatic heterocycles. The summed E-state index contributed by atoms with van der Waals surface area (Å²) in [4.78, 5) is 12.9. The summed E-state index contributed by atoms with van der Waals surface area (Å²) in [5.41, 5.74) is 5.17. The summed E-state index contributed by atoms with van der Waals surface area (Å²) in [5, 5.41) is 3.69. The van der Waals surface area contributed by atoms with E-state index in [1.54, 1.807) is 0 Å². The van der Waals surface area contributed by atoms with Gasteiger partial charge in [-0.05, 0) is 25.7 Å². The average Bonchev–Trinajstić information content (AvgIpc) is 2.13. The van der Waals surface area contributed by atoms with Crippen molar-refractivity contribution in [2.45, 2.75) is 44.2 Å². The monoisotopic (exact) mass is 211 g/mol. The molecular formula is C11H21N3O. The van der Waals surface area contributed by atoms with Crippen LogP contribution in [-0.4, -0.2) is 42.5 Å². The highest BCUT2D eigenvalue weighted by Gasteiger charge is 2.24. The molecule has 0 spiro atoms. The zero-order valence-electron chi connectivity index (χ0n) is 9.24. The first-order chi connectivity index (χ1) is 7.24. The van der Waals surface area contributed by atoms with Crippen molar-refractivity contribution in [3.05, 3.63) is 0 Å². The number of amides is 1. The third-order valence-corrected chi connectivity index (χ3v) is 3.54. The Bertz CT molecular complexity index is 220. The molecule has 2 aliphatic rings. The molecule has 2 fully saturated rings. The molecule has 4 nitrogen and oxygen atoms in total. The van der Waals surface area contributed by atoms with E-state index < -0.39 is 0 Å². The predicted molar refractivity (Wildman–Crippen MR) is 59.4 cm³/mol. The van der Waals surface area contributed by atoms with E-state index in [1.807, 2.05) is 0 Å². The van der Waals surface area contributed by atoms with Gasteiger partial charge in [0.1, 0.15) is 0 Å². The first-order valence-electron chi connectivity index (χ1n) is 6.01. The van der Waals surface area contributed by atoms with Crippen molar-refractivity contribution in [1.82, 2.24) is 10.2 Å². The summed E-state index contributed by atoms with van der Waals surface area (Å²) in [6, 6.07) is 1.44. The molecule has 0 aromatic heterocycles. The highest BCUT2D eigenvalue weighted by atomic mass is 16.1. The number of rotatable bonds is 4. The highest BCUT2D eigenvalue weighted by Crippen LogP contribution is 2.21. The Hall–Kier alpha value is -0.610. The van der Waals surface area contributed by atoms with Gasteiger partial charge in [0.05, 0.1) is 6.54 Å². The summed E-state index contributed by atoms with van der Waals surface area (Å²) >= 11 is 0. The first-order valence-corrected chi connectivity index (χ1v) is 6.01. The molecular weight excluding hydrogens is 190 g/mol. The molecule has 0 bridgehead atoms. The van der Waals surface area contributed by atoms with Crippen LogP contribution in [0, 0.1) is 0 Å². The number of nitrogens with one attached hydrogen (secondary N) is 1. The Morgan fingerprint density at radius 2 is 1.80 bits per heavy atom. The average molecular weight is 211 g/mol. The van der Waals surface area contributed by atoms with Crippen molar-refractivity contribution in [1.29, 1.82) is 0 Å². The Kier molecular flexibility index (Phi) is 3.59. The molecule has 86 valence electrons. The fourth-order valence-electron chi connectivity index (χ4n) is 2.39. The fraction of sp³-hybridized carbons (Fsp3) is 0.909. The lowest BCUT2D eigenvalue weighted by Crippen LogP contribution is -2.49. The van der Waals surface area contributed by atoms with Crippen LogP contribution >= 0.6 is 0 Å². The summed E-state index contributed by atoms with van der Waals surface area (Å²) in [6.07, 6.45) is 6.40. The molecule has 1 saturated carbocycles.